The van der Waals surface area contributed by atoms with Crippen LogP contribution in [0.1, 0.15) is 12.8 Å². The van der Waals surface area contributed by atoms with Crippen molar-refractivity contribution in [3.8, 4) is 0 Å². The zero-order valence-electron chi connectivity index (χ0n) is 9.71. The molecule has 17 heavy (non-hydrogen) atoms. The van der Waals surface area contributed by atoms with Crippen molar-refractivity contribution in [2.75, 3.05) is 18.9 Å². The van der Waals surface area contributed by atoms with Crippen molar-refractivity contribution in [2.45, 2.75) is 23.8 Å². The maximum Gasteiger partial charge on any atom is 0.233 e. The van der Waals surface area contributed by atoms with E-state index in [1.165, 1.54) is 0 Å². The molecule has 1 aromatic carbocycles. The molecule has 0 bridgehead atoms. The summed E-state index contributed by atoms with van der Waals surface area (Å²) >= 11 is 1.56. The SMILES string of the molecule is O=C(CSc1ccccc1)N1CCCC1CO. The first-order valence-electron chi connectivity index (χ1n) is 5.89. The number of rotatable bonds is 4. The van der Waals surface area contributed by atoms with Crippen molar-refractivity contribution in [1.29, 1.82) is 0 Å². The lowest BCUT2D eigenvalue weighted by Crippen LogP contribution is -2.38. The van der Waals surface area contributed by atoms with E-state index in [1.54, 1.807) is 11.8 Å². The van der Waals surface area contributed by atoms with Crippen molar-refractivity contribution in [2.24, 2.45) is 0 Å². The highest BCUT2D eigenvalue weighted by Crippen LogP contribution is 2.21. The summed E-state index contributed by atoms with van der Waals surface area (Å²) in [4.78, 5) is 14.9. The van der Waals surface area contributed by atoms with Crippen molar-refractivity contribution in [3.63, 3.8) is 0 Å². The van der Waals surface area contributed by atoms with Crippen LogP contribution in [0, 0.1) is 0 Å². The van der Waals surface area contributed by atoms with Crippen LogP contribution in [0.4, 0.5) is 0 Å². The smallest absolute Gasteiger partial charge is 0.233 e. The Kier molecular flexibility index (Phi) is 4.45. The van der Waals surface area contributed by atoms with Gasteiger partial charge in [0, 0.05) is 11.4 Å². The summed E-state index contributed by atoms with van der Waals surface area (Å²) < 4.78 is 0. The van der Waals surface area contributed by atoms with Gasteiger partial charge in [-0.05, 0) is 25.0 Å². The van der Waals surface area contributed by atoms with Gasteiger partial charge in [0.15, 0.2) is 0 Å². The molecule has 0 aromatic heterocycles. The molecular weight excluding hydrogens is 234 g/mol. The Morgan fingerprint density at radius 3 is 2.88 bits per heavy atom. The number of thioether (sulfide) groups is 1. The number of aliphatic hydroxyl groups excluding tert-OH is 1. The van der Waals surface area contributed by atoms with Gasteiger partial charge in [-0.2, -0.15) is 0 Å². The van der Waals surface area contributed by atoms with Crippen LogP contribution in [-0.4, -0.2) is 40.9 Å². The van der Waals surface area contributed by atoms with Gasteiger partial charge < -0.3 is 10.0 Å². The highest BCUT2D eigenvalue weighted by atomic mass is 32.2. The fraction of sp³-hybridized carbons (Fsp3) is 0.462. The third kappa shape index (κ3) is 3.23. The summed E-state index contributed by atoms with van der Waals surface area (Å²) in [5.74, 6) is 0.593. The summed E-state index contributed by atoms with van der Waals surface area (Å²) in [5, 5.41) is 9.17. The maximum absolute atomic E-state index is 12.0. The molecular formula is C13H17NO2S. The molecule has 1 amide bonds. The number of benzene rings is 1. The Hall–Kier alpha value is -1.00. The van der Waals surface area contributed by atoms with E-state index >= 15 is 0 Å². The molecule has 0 spiro atoms. The van der Waals surface area contributed by atoms with Gasteiger partial charge in [-0.1, -0.05) is 18.2 Å². The van der Waals surface area contributed by atoms with Crippen LogP contribution in [0.2, 0.25) is 0 Å². The molecule has 1 unspecified atom stereocenters. The highest BCUT2D eigenvalue weighted by molar-refractivity contribution is 8.00. The maximum atomic E-state index is 12.0. The fourth-order valence-electron chi connectivity index (χ4n) is 2.10. The van der Waals surface area contributed by atoms with E-state index < -0.39 is 0 Å². The standard InChI is InChI=1S/C13H17NO2S/c15-9-11-5-4-8-14(11)13(16)10-17-12-6-2-1-3-7-12/h1-3,6-7,11,15H,4-5,8-10H2. The van der Waals surface area contributed by atoms with E-state index in [9.17, 15) is 4.79 Å². The second-order valence-corrected chi connectivity index (χ2v) is 5.22. The predicted octanol–water partition coefficient (Wildman–Crippen LogP) is 1.76. The molecule has 1 heterocycles. The Balaban J connectivity index is 1.85. The summed E-state index contributed by atoms with van der Waals surface area (Å²) in [6.07, 6.45) is 1.94. The Morgan fingerprint density at radius 1 is 1.41 bits per heavy atom. The van der Waals surface area contributed by atoms with Gasteiger partial charge in [0.05, 0.1) is 18.4 Å². The Labute approximate surface area is 106 Å². The molecule has 1 saturated heterocycles. The molecule has 1 fully saturated rings. The third-order valence-corrected chi connectivity index (χ3v) is 4.01. The summed E-state index contributed by atoms with van der Waals surface area (Å²) in [6, 6.07) is 9.96. The topological polar surface area (TPSA) is 40.5 Å². The number of hydrogen-bond acceptors (Lipinski definition) is 3. The minimum Gasteiger partial charge on any atom is -0.394 e. The largest absolute Gasteiger partial charge is 0.394 e. The van der Waals surface area contributed by atoms with Gasteiger partial charge in [-0.25, -0.2) is 0 Å². The Bertz CT molecular complexity index is 369. The second-order valence-electron chi connectivity index (χ2n) is 4.17. The molecule has 92 valence electrons. The first kappa shape index (κ1) is 12.5. The molecule has 0 radical (unpaired) electrons. The minimum atomic E-state index is 0.0406. The average molecular weight is 251 g/mol. The van der Waals surface area contributed by atoms with Crippen LogP contribution in [-0.2, 0) is 4.79 Å². The van der Waals surface area contributed by atoms with Crippen LogP contribution < -0.4 is 0 Å². The summed E-state index contributed by atoms with van der Waals surface area (Å²) in [7, 11) is 0. The predicted molar refractivity (Wildman–Crippen MR) is 69.0 cm³/mol. The van der Waals surface area contributed by atoms with Gasteiger partial charge in [0.1, 0.15) is 0 Å². The van der Waals surface area contributed by atoms with Gasteiger partial charge in [0.25, 0.3) is 0 Å². The van der Waals surface area contributed by atoms with E-state index in [-0.39, 0.29) is 18.6 Å². The quantitative estimate of drug-likeness (QED) is 0.829. The van der Waals surface area contributed by atoms with E-state index in [4.69, 9.17) is 5.11 Å². The van der Waals surface area contributed by atoms with Crippen molar-refractivity contribution in [1.82, 2.24) is 4.90 Å². The lowest BCUT2D eigenvalue weighted by molar-refractivity contribution is -0.129. The van der Waals surface area contributed by atoms with E-state index in [1.807, 2.05) is 35.2 Å². The van der Waals surface area contributed by atoms with E-state index in [0.717, 1.165) is 24.3 Å². The van der Waals surface area contributed by atoms with Gasteiger partial charge in [-0.3, -0.25) is 4.79 Å². The number of carbonyl (C=O) groups is 1. The number of hydrogen-bond donors (Lipinski definition) is 1. The average Bonchev–Trinajstić information content (AvgIpc) is 2.85. The summed E-state index contributed by atoms with van der Waals surface area (Å²) in [5.41, 5.74) is 0. The zero-order chi connectivity index (χ0) is 12.1. The minimum absolute atomic E-state index is 0.0406. The number of amides is 1. The molecule has 1 aliphatic heterocycles. The van der Waals surface area contributed by atoms with Crippen molar-refractivity contribution in [3.05, 3.63) is 30.3 Å². The molecule has 0 saturated carbocycles. The van der Waals surface area contributed by atoms with Crippen molar-refractivity contribution < 1.29 is 9.90 Å². The first-order valence-corrected chi connectivity index (χ1v) is 6.88. The summed E-state index contributed by atoms with van der Waals surface area (Å²) in [6.45, 7) is 0.876. The van der Waals surface area contributed by atoms with E-state index in [0.29, 0.717) is 5.75 Å². The number of likely N-dealkylation sites (tertiary alicyclic amines) is 1. The van der Waals surface area contributed by atoms with Gasteiger partial charge in [-0.15, -0.1) is 11.8 Å². The van der Waals surface area contributed by atoms with Crippen LogP contribution in [0.5, 0.6) is 0 Å². The molecule has 2 rings (SSSR count). The van der Waals surface area contributed by atoms with Gasteiger partial charge >= 0.3 is 0 Å². The molecule has 1 aliphatic rings. The molecule has 0 aliphatic carbocycles. The highest BCUT2D eigenvalue weighted by Gasteiger charge is 2.27. The molecule has 1 aromatic rings. The molecule has 1 N–H and O–H groups in total. The lowest BCUT2D eigenvalue weighted by atomic mass is 10.2. The normalized spacial score (nSPS) is 19.6. The third-order valence-electron chi connectivity index (χ3n) is 3.01. The van der Waals surface area contributed by atoms with Gasteiger partial charge in [0.2, 0.25) is 5.91 Å². The van der Waals surface area contributed by atoms with Crippen LogP contribution in [0.15, 0.2) is 35.2 Å². The van der Waals surface area contributed by atoms with Crippen LogP contribution >= 0.6 is 11.8 Å². The number of nitrogens with zero attached hydrogens (tertiary/aromatic N) is 1. The zero-order valence-corrected chi connectivity index (χ0v) is 10.5. The first-order chi connectivity index (χ1) is 8.31. The van der Waals surface area contributed by atoms with Crippen molar-refractivity contribution >= 4 is 17.7 Å². The monoisotopic (exact) mass is 251 g/mol. The fourth-order valence-corrected chi connectivity index (χ4v) is 2.90. The van der Waals surface area contributed by atoms with Crippen LogP contribution in [0.3, 0.4) is 0 Å². The number of aliphatic hydroxyl groups is 1. The van der Waals surface area contributed by atoms with E-state index in [2.05, 4.69) is 0 Å². The van der Waals surface area contributed by atoms with Crippen LogP contribution in [0.25, 0.3) is 0 Å². The molecule has 3 nitrogen and oxygen atoms in total. The Morgan fingerprint density at radius 2 is 2.18 bits per heavy atom. The lowest BCUT2D eigenvalue weighted by Gasteiger charge is -2.22. The second kappa shape index (κ2) is 6.07. The molecule has 4 heteroatoms. The molecule has 1 atom stereocenters. The number of carbonyl (C=O) groups excluding carboxylic acids is 1.